The summed E-state index contributed by atoms with van der Waals surface area (Å²) in [6, 6.07) is 1.14. The molecule has 1 heterocycles. The monoisotopic (exact) mass is 303 g/mol. The van der Waals surface area contributed by atoms with Crippen LogP contribution < -0.4 is 5.73 Å². The number of rotatable bonds is 3. The average molecular weight is 304 g/mol. The minimum atomic E-state index is -1.52. The Kier molecular flexibility index (Phi) is 4.06. The van der Waals surface area contributed by atoms with Gasteiger partial charge >= 0.3 is 0 Å². The molecular weight excluding hydrogens is 291 g/mol. The molecule has 0 amide bonds. The van der Waals surface area contributed by atoms with Gasteiger partial charge in [-0.2, -0.15) is 5.10 Å². The van der Waals surface area contributed by atoms with Crippen LogP contribution in [0.1, 0.15) is 23.0 Å². The first-order valence-corrected chi connectivity index (χ1v) is 6.27. The third-order valence-electron chi connectivity index (χ3n) is 3.14. The second-order valence-corrected chi connectivity index (χ2v) is 4.92. The quantitative estimate of drug-likeness (QED) is 0.886. The third-order valence-corrected chi connectivity index (χ3v) is 3.63. The van der Waals surface area contributed by atoms with Gasteiger partial charge in [0.2, 0.25) is 0 Å². The van der Waals surface area contributed by atoms with E-state index in [1.807, 2.05) is 0 Å². The van der Waals surface area contributed by atoms with Crippen molar-refractivity contribution in [3.8, 4) is 0 Å². The highest BCUT2D eigenvalue weighted by molar-refractivity contribution is 6.31. The molecule has 0 saturated heterocycles. The van der Waals surface area contributed by atoms with Gasteiger partial charge in [0.05, 0.1) is 16.4 Å². The molecular formula is C13H13ClF3N3. The van der Waals surface area contributed by atoms with Crippen LogP contribution in [0.5, 0.6) is 0 Å². The minimum absolute atomic E-state index is 0.0983. The van der Waals surface area contributed by atoms with E-state index in [9.17, 15) is 13.2 Å². The van der Waals surface area contributed by atoms with Gasteiger partial charge in [0.25, 0.3) is 0 Å². The number of hydrogen-bond donors (Lipinski definition) is 1. The van der Waals surface area contributed by atoms with E-state index in [0.717, 1.165) is 12.1 Å². The Balaban J connectivity index is 2.33. The topological polar surface area (TPSA) is 43.8 Å². The fourth-order valence-corrected chi connectivity index (χ4v) is 2.28. The smallest absolute Gasteiger partial charge is 0.194 e. The number of nitrogens with zero attached hydrogens (tertiary/aromatic N) is 2. The second-order valence-electron chi connectivity index (χ2n) is 4.54. The number of aromatic nitrogens is 2. The molecule has 1 atom stereocenters. The fraction of sp³-hybridized carbons (Fsp3) is 0.308. The maximum Gasteiger partial charge on any atom is 0.194 e. The molecule has 0 radical (unpaired) electrons. The van der Waals surface area contributed by atoms with Crippen LogP contribution in [0, 0.1) is 24.4 Å². The Hall–Kier alpha value is -1.53. The summed E-state index contributed by atoms with van der Waals surface area (Å²) in [6.45, 7) is 1.73. The largest absolute Gasteiger partial charge is 0.324 e. The van der Waals surface area contributed by atoms with Crippen LogP contribution >= 0.6 is 11.6 Å². The van der Waals surface area contributed by atoms with Gasteiger partial charge in [-0.05, 0) is 13.0 Å². The van der Waals surface area contributed by atoms with E-state index in [1.165, 1.54) is 4.68 Å². The van der Waals surface area contributed by atoms with E-state index >= 15 is 0 Å². The van der Waals surface area contributed by atoms with Crippen LogP contribution in [0.4, 0.5) is 13.2 Å². The van der Waals surface area contributed by atoms with Crippen LogP contribution in [-0.2, 0) is 13.5 Å². The SMILES string of the molecule is Cc1nn(C)c(CC(N)c2ccc(F)c(F)c2F)c1Cl. The molecule has 108 valence electrons. The van der Waals surface area contributed by atoms with Crippen molar-refractivity contribution in [3.05, 3.63) is 51.6 Å². The molecule has 0 aliphatic heterocycles. The molecule has 1 aromatic heterocycles. The van der Waals surface area contributed by atoms with Crippen molar-refractivity contribution in [1.82, 2.24) is 9.78 Å². The van der Waals surface area contributed by atoms with Gasteiger partial charge in [-0.3, -0.25) is 4.68 Å². The Morgan fingerprint density at radius 1 is 1.30 bits per heavy atom. The molecule has 1 unspecified atom stereocenters. The number of benzene rings is 1. The first-order valence-electron chi connectivity index (χ1n) is 5.89. The van der Waals surface area contributed by atoms with Crippen molar-refractivity contribution in [2.45, 2.75) is 19.4 Å². The standard InChI is InChI=1S/C13H13ClF3N3/c1-6-11(14)10(20(2)19-6)5-9(18)7-3-4-8(15)13(17)12(7)16/h3-4,9H,5,18H2,1-2H3. The highest BCUT2D eigenvalue weighted by atomic mass is 35.5. The zero-order chi connectivity index (χ0) is 15.0. The van der Waals surface area contributed by atoms with Gasteiger partial charge in [-0.25, -0.2) is 13.2 Å². The fourth-order valence-electron chi connectivity index (χ4n) is 2.05. The normalized spacial score (nSPS) is 12.8. The molecule has 0 spiro atoms. The van der Waals surface area contributed by atoms with E-state index in [1.54, 1.807) is 14.0 Å². The zero-order valence-electron chi connectivity index (χ0n) is 10.9. The molecule has 0 fully saturated rings. The van der Waals surface area contributed by atoms with Crippen molar-refractivity contribution in [2.75, 3.05) is 0 Å². The summed E-state index contributed by atoms with van der Waals surface area (Å²) in [5, 5.41) is 4.55. The predicted octanol–water partition coefficient (Wildman–Crippen LogP) is 3.04. The number of aryl methyl sites for hydroxylation is 2. The Morgan fingerprint density at radius 3 is 2.50 bits per heavy atom. The van der Waals surface area contributed by atoms with E-state index < -0.39 is 23.5 Å². The minimum Gasteiger partial charge on any atom is -0.324 e. The number of hydrogen-bond acceptors (Lipinski definition) is 2. The molecule has 0 aliphatic carbocycles. The highest BCUT2D eigenvalue weighted by Gasteiger charge is 2.21. The summed E-state index contributed by atoms with van der Waals surface area (Å²) >= 11 is 6.08. The Labute approximate surface area is 119 Å². The zero-order valence-corrected chi connectivity index (χ0v) is 11.7. The maximum atomic E-state index is 13.7. The summed E-state index contributed by atoms with van der Waals surface area (Å²) < 4.78 is 41.3. The Morgan fingerprint density at radius 2 is 1.95 bits per heavy atom. The molecule has 3 nitrogen and oxygen atoms in total. The Bertz CT molecular complexity index is 655. The van der Waals surface area contributed by atoms with Crippen molar-refractivity contribution < 1.29 is 13.2 Å². The van der Waals surface area contributed by atoms with Gasteiger partial charge in [0.1, 0.15) is 0 Å². The number of halogens is 4. The second kappa shape index (κ2) is 5.46. The lowest BCUT2D eigenvalue weighted by molar-refractivity contribution is 0.434. The molecule has 20 heavy (non-hydrogen) atoms. The van der Waals surface area contributed by atoms with E-state index in [4.69, 9.17) is 17.3 Å². The van der Waals surface area contributed by atoms with Crippen molar-refractivity contribution in [3.63, 3.8) is 0 Å². The summed E-state index contributed by atoms with van der Waals surface area (Å²) in [5.74, 6) is -4.04. The lowest BCUT2D eigenvalue weighted by Gasteiger charge is -2.14. The van der Waals surface area contributed by atoms with Crippen LogP contribution in [0.15, 0.2) is 12.1 Å². The number of nitrogens with two attached hydrogens (primary N) is 1. The highest BCUT2D eigenvalue weighted by Crippen LogP contribution is 2.26. The summed E-state index contributed by atoms with van der Waals surface area (Å²) in [7, 11) is 1.68. The van der Waals surface area contributed by atoms with E-state index in [0.29, 0.717) is 16.4 Å². The lowest BCUT2D eigenvalue weighted by Crippen LogP contribution is -2.18. The third kappa shape index (κ3) is 2.53. The van der Waals surface area contributed by atoms with Crippen LogP contribution in [0.25, 0.3) is 0 Å². The van der Waals surface area contributed by atoms with Gasteiger partial charge in [0, 0.05) is 25.1 Å². The summed E-state index contributed by atoms with van der Waals surface area (Å²) in [4.78, 5) is 0. The van der Waals surface area contributed by atoms with Gasteiger partial charge < -0.3 is 5.73 Å². The molecule has 0 saturated carbocycles. The van der Waals surface area contributed by atoms with Crippen LogP contribution in [-0.4, -0.2) is 9.78 Å². The van der Waals surface area contributed by atoms with Gasteiger partial charge in [-0.1, -0.05) is 17.7 Å². The van der Waals surface area contributed by atoms with E-state index in [-0.39, 0.29) is 12.0 Å². The molecule has 0 aliphatic rings. The maximum absolute atomic E-state index is 13.7. The van der Waals surface area contributed by atoms with E-state index in [2.05, 4.69) is 5.10 Å². The summed E-state index contributed by atoms with van der Waals surface area (Å²) in [5.41, 5.74) is 7.01. The van der Waals surface area contributed by atoms with Crippen molar-refractivity contribution >= 4 is 11.6 Å². The molecule has 1 aromatic carbocycles. The van der Waals surface area contributed by atoms with Gasteiger partial charge in [0.15, 0.2) is 17.5 Å². The lowest BCUT2D eigenvalue weighted by atomic mass is 10.0. The van der Waals surface area contributed by atoms with Crippen molar-refractivity contribution in [1.29, 1.82) is 0 Å². The van der Waals surface area contributed by atoms with Crippen LogP contribution in [0.3, 0.4) is 0 Å². The molecule has 2 N–H and O–H groups in total. The molecule has 2 rings (SSSR count). The van der Waals surface area contributed by atoms with Crippen LogP contribution in [0.2, 0.25) is 5.02 Å². The summed E-state index contributed by atoms with van der Waals surface area (Å²) in [6.07, 6.45) is 0.165. The average Bonchev–Trinajstić information content (AvgIpc) is 2.62. The molecule has 2 aromatic rings. The van der Waals surface area contributed by atoms with Crippen molar-refractivity contribution in [2.24, 2.45) is 12.8 Å². The first-order chi connectivity index (χ1) is 9.32. The molecule has 7 heteroatoms. The van der Waals surface area contributed by atoms with Gasteiger partial charge in [-0.15, -0.1) is 0 Å². The molecule has 0 bridgehead atoms. The predicted molar refractivity (Wildman–Crippen MR) is 69.9 cm³/mol. The first kappa shape index (κ1) is 14.9.